The van der Waals surface area contributed by atoms with Gasteiger partial charge in [0.1, 0.15) is 5.75 Å². The van der Waals surface area contributed by atoms with Crippen molar-refractivity contribution in [2.24, 2.45) is 11.7 Å². The molecule has 2 nitrogen and oxygen atoms in total. The van der Waals surface area contributed by atoms with Crippen LogP contribution in [0.3, 0.4) is 0 Å². The van der Waals surface area contributed by atoms with E-state index in [0.717, 1.165) is 37.5 Å². The molecule has 0 bridgehead atoms. The Hall–Kier alpha value is -1.02. The van der Waals surface area contributed by atoms with Crippen molar-refractivity contribution in [3.8, 4) is 5.75 Å². The molecule has 1 fully saturated rings. The molecule has 0 aromatic heterocycles. The van der Waals surface area contributed by atoms with Crippen LogP contribution in [-0.2, 0) is 5.54 Å². The van der Waals surface area contributed by atoms with Gasteiger partial charge >= 0.3 is 0 Å². The Morgan fingerprint density at radius 1 is 1.26 bits per heavy atom. The highest BCUT2D eigenvalue weighted by Gasteiger charge is 2.32. The average Bonchev–Trinajstić information content (AvgIpc) is 2.60. The molecular formula is C17H27NO. The quantitative estimate of drug-likeness (QED) is 0.823. The van der Waals surface area contributed by atoms with E-state index in [1.807, 2.05) is 6.07 Å². The highest BCUT2D eigenvalue weighted by Crippen LogP contribution is 2.39. The SMILES string of the molecule is CCCOc1ccccc1C1(N)CCCC(C)CC1. The summed E-state index contributed by atoms with van der Waals surface area (Å²) in [6, 6.07) is 8.34. The van der Waals surface area contributed by atoms with Gasteiger partial charge in [-0.1, -0.05) is 44.9 Å². The molecule has 1 aromatic rings. The Morgan fingerprint density at radius 3 is 2.84 bits per heavy atom. The molecule has 2 heteroatoms. The minimum atomic E-state index is -0.199. The Labute approximate surface area is 117 Å². The van der Waals surface area contributed by atoms with Crippen molar-refractivity contribution in [1.82, 2.24) is 0 Å². The monoisotopic (exact) mass is 261 g/mol. The van der Waals surface area contributed by atoms with Gasteiger partial charge < -0.3 is 10.5 Å². The molecule has 0 aliphatic heterocycles. The summed E-state index contributed by atoms with van der Waals surface area (Å²) >= 11 is 0. The molecule has 0 amide bonds. The lowest BCUT2D eigenvalue weighted by Gasteiger charge is -2.30. The van der Waals surface area contributed by atoms with Crippen molar-refractivity contribution < 1.29 is 4.74 Å². The number of nitrogens with two attached hydrogens (primary N) is 1. The summed E-state index contributed by atoms with van der Waals surface area (Å²) in [6.45, 7) is 5.24. The Kier molecular flexibility index (Phi) is 4.87. The molecule has 1 aliphatic rings. The summed E-state index contributed by atoms with van der Waals surface area (Å²) in [5.41, 5.74) is 7.74. The second kappa shape index (κ2) is 6.42. The molecule has 0 heterocycles. The molecule has 2 N–H and O–H groups in total. The fourth-order valence-corrected chi connectivity index (χ4v) is 3.02. The number of ether oxygens (including phenoxy) is 1. The van der Waals surface area contributed by atoms with Crippen LogP contribution in [0.15, 0.2) is 24.3 Å². The first-order chi connectivity index (χ1) is 9.15. The molecule has 19 heavy (non-hydrogen) atoms. The van der Waals surface area contributed by atoms with E-state index < -0.39 is 0 Å². The van der Waals surface area contributed by atoms with E-state index in [1.165, 1.54) is 24.8 Å². The van der Waals surface area contributed by atoms with E-state index in [0.29, 0.717) is 0 Å². The number of hydrogen-bond acceptors (Lipinski definition) is 2. The number of rotatable bonds is 4. The van der Waals surface area contributed by atoms with Crippen LogP contribution in [0, 0.1) is 5.92 Å². The smallest absolute Gasteiger partial charge is 0.124 e. The van der Waals surface area contributed by atoms with Crippen LogP contribution < -0.4 is 10.5 Å². The van der Waals surface area contributed by atoms with Gasteiger partial charge in [-0.3, -0.25) is 0 Å². The number of benzene rings is 1. The van der Waals surface area contributed by atoms with Gasteiger partial charge in [0.2, 0.25) is 0 Å². The largest absolute Gasteiger partial charge is 0.493 e. The zero-order chi connectivity index (χ0) is 13.7. The van der Waals surface area contributed by atoms with Crippen LogP contribution in [0.2, 0.25) is 0 Å². The van der Waals surface area contributed by atoms with Crippen LogP contribution in [0.4, 0.5) is 0 Å². The Balaban J connectivity index is 2.23. The fourth-order valence-electron chi connectivity index (χ4n) is 3.02. The highest BCUT2D eigenvalue weighted by molar-refractivity contribution is 5.39. The third-order valence-corrected chi connectivity index (χ3v) is 4.29. The molecule has 1 aliphatic carbocycles. The third-order valence-electron chi connectivity index (χ3n) is 4.29. The molecular weight excluding hydrogens is 234 g/mol. The molecule has 106 valence electrons. The zero-order valence-corrected chi connectivity index (χ0v) is 12.3. The van der Waals surface area contributed by atoms with Crippen LogP contribution in [0.25, 0.3) is 0 Å². The van der Waals surface area contributed by atoms with Gasteiger partial charge in [0.15, 0.2) is 0 Å². The summed E-state index contributed by atoms with van der Waals surface area (Å²) < 4.78 is 5.89. The van der Waals surface area contributed by atoms with E-state index in [9.17, 15) is 0 Å². The van der Waals surface area contributed by atoms with Crippen molar-refractivity contribution in [1.29, 1.82) is 0 Å². The molecule has 2 unspecified atom stereocenters. The fraction of sp³-hybridized carbons (Fsp3) is 0.647. The minimum absolute atomic E-state index is 0.199. The van der Waals surface area contributed by atoms with Gasteiger partial charge in [-0.15, -0.1) is 0 Å². The predicted molar refractivity (Wildman–Crippen MR) is 80.3 cm³/mol. The topological polar surface area (TPSA) is 35.2 Å². The summed E-state index contributed by atoms with van der Waals surface area (Å²) in [5.74, 6) is 1.79. The van der Waals surface area contributed by atoms with E-state index in [2.05, 4.69) is 32.0 Å². The van der Waals surface area contributed by atoms with Gasteiger partial charge in [-0.05, 0) is 37.7 Å². The zero-order valence-electron chi connectivity index (χ0n) is 12.3. The van der Waals surface area contributed by atoms with E-state index in [-0.39, 0.29) is 5.54 Å². The average molecular weight is 261 g/mol. The minimum Gasteiger partial charge on any atom is -0.493 e. The van der Waals surface area contributed by atoms with Crippen molar-refractivity contribution in [3.63, 3.8) is 0 Å². The molecule has 2 rings (SSSR count). The summed E-state index contributed by atoms with van der Waals surface area (Å²) in [4.78, 5) is 0. The standard InChI is InChI=1S/C17H27NO/c1-3-13-19-16-9-5-4-8-15(16)17(18)11-6-7-14(2)10-12-17/h4-5,8-9,14H,3,6-7,10-13,18H2,1-2H3. The van der Waals surface area contributed by atoms with Gasteiger partial charge in [-0.25, -0.2) is 0 Å². The lowest BCUT2D eigenvalue weighted by molar-refractivity contribution is 0.294. The Morgan fingerprint density at radius 2 is 2.05 bits per heavy atom. The number of hydrogen-bond donors (Lipinski definition) is 1. The predicted octanol–water partition coefficient (Wildman–Crippen LogP) is 4.23. The summed E-state index contributed by atoms with van der Waals surface area (Å²) in [6.07, 6.45) is 6.92. The van der Waals surface area contributed by atoms with Crippen molar-refractivity contribution in [3.05, 3.63) is 29.8 Å². The Bertz CT molecular complexity index is 404. The first-order valence-electron chi connectivity index (χ1n) is 7.67. The molecule has 0 spiro atoms. The lowest BCUT2D eigenvalue weighted by atomic mass is 9.83. The van der Waals surface area contributed by atoms with Gasteiger partial charge in [0.25, 0.3) is 0 Å². The van der Waals surface area contributed by atoms with Crippen LogP contribution in [0.5, 0.6) is 5.75 Å². The summed E-state index contributed by atoms with van der Waals surface area (Å²) in [7, 11) is 0. The maximum Gasteiger partial charge on any atom is 0.124 e. The van der Waals surface area contributed by atoms with E-state index in [1.54, 1.807) is 0 Å². The van der Waals surface area contributed by atoms with Crippen LogP contribution in [0.1, 0.15) is 57.9 Å². The van der Waals surface area contributed by atoms with E-state index in [4.69, 9.17) is 10.5 Å². The van der Waals surface area contributed by atoms with Gasteiger partial charge in [-0.2, -0.15) is 0 Å². The second-order valence-corrected chi connectivity index (χ2v) is 6.04. The molecule has 1 saturated carbocycles. The van der Waals surface area contributed by atoms with Crippen molar-refractivity contribution in [2.75, 3.05) is 6.61 Å². The highest BCUT2D eigenvalue weighted by atomic mass is 16.5. The van der Waals surface area contributed by atoms with E-state index >= 15 is 0 Å². The summed E-state index contributed by atoms with van der Waals surface area (Å²) in [5, 5.41) is 0. The first kappa shape index (κ1) is 14.4. The molecule has 1 aromatic carbocycles. The maximum atomic E-state index is 6.74. The second-order valence-electron chi connectivity index (χ2n) is 6.04. The number of para-hydroxylation sites is 1. The molecule has 0 radical (unpaired) electrons. The van der Waals surface area contributed by atoms with Crippen LogP contribution in [-0.4, -0.2) is 6.61 Å². The van der Waals surface area contributed by atoms with Crippen LogP contribution >= 0.6 is 0 Å². The lowest BCUT2D eigenvalue weighted by Crippen LogP contribution is -2.36. The first-order valence-corrected chi connectivity index (χ1v) is 7.67. The van der Waals surface area contributed by atoms with Gasteiger partial charge in [0.05, 0.1) is 6.61 Å². The third kappa shape index (κ3) is 3.50. The van der Waals surface area contributed by atoms with Crippen molar-refractivity contribution in [2.45, 2.75) is 57.9 Å². The van der Waals surface area contributed by atoms with Crippen molar-refractivity contribution >= 4 is 0 Å². The normalized spacial score (nSPS) is 27.8. The maximum absolute atomic E-state index is 6.74. The molecule has 2 atom stereocenters. The molecule has 0 saturated heterocycles. The van der Waals surface area contributed by atoms with Gasteiger partial charge in [0, 0.05) is 11.1 Å².